The fraction of sp³-hybridized carbons (Fsp3) is 0. The molecule has 104 valence electrons. The molecule has 0 heterocycles. The highest BCUT2D eigenvalue weighted by Crippen LogP contribution is 2.28. The number of carbonyl (C=O) groups excluding carboxylic acids is 1. The molecule has 0 unspecified atom stereocenters. The Hall–Kier alpha value is -1.30. The summed E-state index contributed by atoms with van der Waals surface area (Å²) in [6.45, 7) is 0. The van der Waals surface area contributed by atoms with Gasteiger partial charge in [-0.2, -0.15) is 0 Å². The number of hydrogen-bond donors (Lipinski definition) is 2. The maximum absolute atomic E-state index is 13.3. The fourth-order valence-electron chi connectivity index (χ4n) is 1.52. The molecule has 0 atom stereocenters. The second-order valence-corrected chi connectivity index (χ2v) is 5.61. The third-order valence-electron chi connectivity index (χ3n) is 2.50. The van der Waals surface area contributed by atoms with Gasteiger partial charge in [0.1, 0.15) is 0 Å². The van der Waals surface area contributed by atoms with Gasteiger partial charge < -0.3 is 11.1 Å². The summed E-state index contributed by atoms with van der Waals surface area (Å²) in [5, 5.41) is 2.24. The van der Waals surface area contributed by atoms with Crippen molar-refractivity contribution in [1.29, 1.82) is 0 Å². The first-order valence-corrected chi connectivity index (χ1v) is 6.94. The SMILES string of the molecule is Nc1cc(C(=O)Nc2cc(Cl)c(F)c(Cl)c2)ccc1Br. The molecule has 7 heteroatoms. The number of hydrogen-bond acceptors (Lipinski definition) is 2. The molecule has 3 nitrogen and oxygen atoms in total. The van der Waals surface area contributed by atoms with Gasteiger partial charge in [-0.05, 0) is 46.3 Å². The quantitative estimate of drug-likeness (QED) is 0.587. The first kappa shape index (κ1) is 15.1. The van der Waals surface area contributed by atoms with E-state index in [-0.39, 0.29) is 10.0 Å². The molecule has 0 bridgehead atoms. The lowest BCUT2D eigenvalue weighted by atomic mass is 10.2. The summed E-state index contributed by atoms with van der Waals surface area (Å²) in [7, 11) is 0. The molecule has 0 radical (unpaired) electrons. The summed E-state index contributed by atoms with van der Waals surface area (Å²) in [5.41, 5.74) is 6.80. The molecule has 2 rings (SSSR count). The molecular weight excluding hydrogens is 370 g/mol. The van der Waals surface area contributed by atoms with Crippen molar-refractivity contribution in [2.24, 2.45) is 0 Å². The van der Waals surface area contributed by atoms with Gasteiger partial charge in [0, 0.05) is 21.4 Å². The summed E-state index contributed by atoms with van der Waals surface area (Å²) in [4.78, 5) is 12.0. The number of nitrogen functional groups attached to an aromatic ring is 1. The van der Waals surface area contributed by atoms with E-state index < -0.39 is 11.7 Å². The van der Waals surface area contributed by atoms with Crippen LogP contribution in [0.15, 0.2) is 34.8 Å². The number of amides is 1. The molecule has 0 aliphatic rings. The van der Waals surface area contributed by atoms with Crippen LogP contribution < -0.4 is 11.1 Å². The molecule has 0 aliphatic carbocycles. The van der Waals surface area contributed by atoms with Gasteiger partial charge in [-0.15, -0.1) is 0 Å². The number of halogens is 4. The largest absolute Gasteiger partial charge is 0.398 e. The van der Waals surface area contributed by atoms with Crippen molar-refractivity contribution in [1.82, 2.24) is 0 Å². The number of benzene rings is 2. The Morgan fingerprint density at radius 3 is 2.35 bits per heavy atom. The zero-order chi connectivity index (χ0) is 14.9. The van der Waals surface area contributed by atoms with Crippen molar-refractivity contribution in [3.8, 4) is 0 Å². The lowest BCUT2D eigenvalue weighted by Gasteiger charge is -2.08. The van der Waals surface area contributed by atoms with Gasteiger partial charge in [0.15, 0.2) is 5.82 Å². The van der Waals surface area contributed by atoms with Crippen molar-refractivity contribution < 1.29 is 9.18 Å². The molecule has 0 saturated carbocycles. The van der Waals surface area contributed by atoms with Crippen LogP contribution in [0.1, 0.15) is 10.4 Å². The lowest BCUT2D eigenvalue weighted by molar-refractivity contribution is 0.102. The van der Waals surface area contributed by atoms with Gasteiger partial charge in [0.2, 0.25) is 0 Å². The molecule has 0 aromatic heterocycles. The number of nitrogens with one attached hydrogen (secondary N) is 1. The number of anilines is 2. The third kappa shape index (κ3) is 3.23. The number of nitrogens with two attached hydrogens (primary N) is 1. The molecular formula is C13H8BrCl2FN2O. The smallest absolute Gasteiger partial charge is 0.255 e. The number of carbonyl (C=O) groups is 1. The Bertz CT molecular complexity index is 671. The third-order valence-corrected chi connectivity index (χ3v) is 3.77. The van der Waals surface area contributed by atoms with Gasteiger partial charge >= 0.3 is 0 Å². The Labute approximate surface area is 133 Å². The number of rotatable bonds is 2. The van der Waals surface area contributed by atoms with Crippen molar-refractivity contribution in [2.45, 2.75) is 0 Å². The molecule has 2 aromatic carbocycles. The second kappa shape index (κ2) is 5.99. The Morgan fingerprint density at radius 2 is 1.80 bits per heavy atom. The molecule has 0 saturated heterocycles. The Balaban J connectivity index is 2.25. The topological polar surface area (TPSA) is 55.1 Å². The first-order valence-electron chi connectivity index (χ1n) is 5.39. The first-order chi connectivity index (χ1) is 9.38. The molecule has 1 amide bonds. The van der Waals surface area contributed by atoms with Crippen LogP contribution in [0.4, 0.5) is 15.8 Å². The minimum absolute atomic E-state index is 0.164. The highest BCUT2D eigenvalue weighted by molar-refractivity contribution is 9.10. The standard InChI is InChI=1S/C13H8BrCl2FN2O/c14-8-2-1-6(3-11(8)18)13(20)19-7-4-9(15)12(17)10(16)5-7/h1-5H,18H2,(H,19,20). The summed E-state index contributed by atoms with van der Waals surface area (Å²) < 4.78 is 14.0. The highest BCUT2D eigenvalue weighted by Gasteiger charge is 2.11. The van der Waals surface area contributed by atoms with Gasteiger partial charge in [0.05, 0.1) is 10.0 Å². The van der Waals surface area contributed by atoms with Crippen LogP contribution in [0, 0.1) is 5.82 Å². The summed E-state index contributed by atoms with van der Waals surface area (Å²) in [5.74, 6) is -1.12. The Morgan fingerprint density at radius 1 is 1.20 bits per heavy atom. The maximum atomic E-state index is 13.3. The monoisotopic (exact) mass is 376 g/mol. The van der Waals surface area contributed by atoms with E-state index in [9.17, 15) is 9.18 Å². The van der Waals surface area contributed by atoms with E-state index in [0.29, 0.717) is 21.4 Å². The van der Waals surface area contributed by atoms with E-state index in [1.807, 2.05) is 0 Å². The average molecular weight is 378 g/mol. The molecule has 3 N–H and O–H groups in total. The molecule has 0 aliphatic heterocycles. The second-order valence-electron chi connectivity index (χ2n) is 3.94. The zero-order valence-corrected chi connectivity index (χ0v) is 13.0. The lowest BCUT2D eigenvalue weighted by Crippen LogP contribution is -2.12. The van der Waals surface area contributed by atoms with E-state index in [0.717, 1.165) is 0 Å². The summed E-state index contributed by atoms with van der Waals surface area (Å²) in [6, 6.07) is 7.34. The zero-order valence-electron chi connectivity index (χ0n) is 9.88. The van der Waals surface area contributed by atoms with E-state index in [2.05, 4.69) is 21.2 Å². The highest BCUT2D eigenvalue weighted by atomic mass is 79.9. The maximum Gasteiger partial charge on any atom is 0.255 e. The van der Waals surface area contributed by atoms with Gasteiger partial charge in [0.25, 0.3) is 5.91 Å². The van der Waals surface area contributed by atoms with Crippen molar-refractivity contribution >= 4 is 56.4 Å². The van der Waals surface area contributed by atoms with Gasteiger partial charge in [-0.1, -0.05) is 23.2 Å². The van der Waals surface area contributed by atoms with Gasteiger partial charge in [-0.3, -0.25) is 4.79 Å². The van der Waals surface area contributed by atoms with Gasteiger partial charge in [-0.25, -0.2) is 4.39 Å². The molecule has 0 spiro atoms. The van der Waals surface area contributed by atoms with Crippen LogP contribution >= 0.6 is 39.1 Å². The minimum Gasteiger partial charge on any atom is -0.398 e. The van der Waals surface area contributed by atoms with E-state index in [1.54, 1.807) is 12.1 Å². The van der Waals surface area contributed by atoms with E-state index in [4.69, 9.17) is 28.9 Å². The normalized spacial score (nSPS) is 10.4. The molecule has 0 fully saturated rings. The minimum atomic E-state index is -0.723. The van der Waals surface area contributed by atoms with Crippen molar-refractivity contribution in [3.63, 3.8) is 0 Å². The van der Waals surface area contributed by atoms with E-state index in [1.165, 1.54) is 18.2 Å². The van der Waals surface area contributed by atoms with Crippen LogP contribution in [0.2, 0.25) is 10.0 Å². The average Bonchev–Trinajstić information content (AvgIpc) is 2.39. The molecule has 2 aromatic rings. The summed E-state index contributed by atoms with van der Waals surface area (Å²) in [6.07, 6.45) is 0. The van der Waals surface area contributed by atoms with Crippen LogP contribution in [-0.4, -0.2) is 5.91 Å². The molecule has 20 heavy (non-hydrogen) atoms. The predicted octanol–water partition coefficient (Wildman–Crippen LogP) is 4.73. The van der Waals surface area contributed by atoms with Crippen LogP contribution in [0.5, 0.6) is 0 Å². The Kier molecular flexibility index (Phi) is 4.52. The fourth-order valence-corrected chi connectivity index (χ4v) is 2.25. The predicted molar refractivity (Wildman–Crippen MR) is 82.9 cm³/mol. The van der Waals surface area contributed by atoms with Crippen LogP contribution in [-0.2, 0) is 0 Å². The van der Waals surface area contributed by atoms with Crippen molar-refractivity contribution in [2.75, 3.05) is 11.1 Å². The van der Waals surface area contributed by atoms with Crippen LogP contribution in [0.25, 0.3) is 0 Å². The van der Waals surface area contributed by atoms with E-state index >= 15 is 0 Å². The van der Waals surface area contributed by atoms with Crippen LogP contribution in [0.3, 0.4) is 0 Å². The van der Waals surface area contributed by atoms with Crippen molar-refractivity contribution in [3.05, 3.63) is 56.2 Å². The summed E-state index contributed by atoms with van der Waals surface area (Å²) >= 11 is 14.6.